The molecule has 0 amide bonds. The third-order valence-corrected chi connectivity index (χ3v) is 14.5. The second-order valence-electron chi connectivity index (χ2n) is 18.7. The number of rotatable bonds is 3. The predicted molar refractivity (Wildman–Crippen MR) is 245 cm³/mol. The van der Waals surface area contributed by atoms with Gasteiger partial charge in [0.05, 0.1) is 0 Å². The number of hydrogen-bond donors (Lipinski definition) is 0. The largest absolute Gasteiger partial charge is 0.212 e. The molecule has 0 spiro atoms. The average Bonchev–Trinajstić information content (AvgIpc) is 4.02. The number of pyridine rings is 3. The lowest BCUT2D eigenvalue weighted by Crippen LogP contribution is -2.37. The van der Waals surface area contributed by atoms with E-state index in [1.54, 1.807) is 35.4 Å². The van der Waals surface area contributed by atoms with Gasteiger partial charge in [-0.3, -0.25) is 0 Å². The van der Waals surface area contributed by atoms with Gasteiger partial charge in [-0.15, -0.1) is 0 Å². The quantitative estimate of drug-likeness (QED) is 0.158. The van der Waals surface area contributed by atoms with Crippen molar-refractivity contribution in [3.05, 3.63) is 158 Å². The van der Waals surface area contributed by atoms with E-state index in [2.05, 4.69) is 62.0 Å². The summed E-state index contributed by atoms with van der Waals surface area (Å²) < 4.78 is 94.8. The summed E-state index contributed by atoms with van der Waals surface area (Å²) in [5.74, 6) is -0.352. The minimum Gasteiger partial charge on any atom is -0.201 e. The van der Waals surface area contributed by atoms with Crippen LogP contribution in [0.1, 0.15) is 163 Å². The number of hydrogen-bond acceptors (Lipinski definition) is 0. The van der Waals surface area contributed by atoms with E-state index in [1.807, 2.05) is 67.7 Å². The molecule has 6 aromatic rings. The van der Waals surface area contributed by atoms with Crippen molar-refractivity contribution >= 4 is 0 Å². The molecule has 7 aliphatic carbocycles. The van der Waals surface area contributed by atoms with Crippen LogP contribution in [0.25, 0.3) is 33.8 Å². The van der Waals surface area contributed by atoms with Crippen LogP contribution >= 0.6 is 0 Å². The Morgan fingerprint density at radius 3 is 1.55 bits per heavy atom. The second-order valence-corrected chi connectivity index (χ2v) is 18.7. The Labute approximate surface area is 375 Å². The van der Waals surface area contributed by atoms with Gasteiger partial charge in [-0.1, -0.05) is 53.1 Å². The molecule has 6 bridgehead atoms. The second kappa shape index (κ2) is 15.2. The smallest absolute Gasteiger partial charge is 0.201 e. The minimum absolute atomic E-state index is 0.0707. The first-order valence-electron chi connectivity index (χ1n) is 27.5. The highest BCUT2D eigenvalue weighted by molar-refractivity contribution is 5.65. The molecule has 7 aliphatic rings. The van der Waals surface area contributed by atoms with Crippen molar-refractivity contribution in [2.24, 2.45) is 27.1 Å². The van der Waals surface area contributed by atoms with E-state index in [4.69, 9.17) is 15.1 Å². The Morgan fingerprint density at radius 2 is 0.967 bits per heavy atom. The summed E-state index contributed by atoms with van der Waals surface area (Å²) in [6.45, 7) is 3.96. The Hall–Kier alpha value is -4.89. The highest BCUT2D eigenvalue weighted by atomic mass is 14.9. The van der Waals surface area contributed by atoms with Crippen LogP contribution in [-0.4, -0.2) is 0 Å². The van der Waals surface area contributed by atoms with Crippen molar-refractivity contribution in [1.29, 1.82) is 0 Å². The molecule has 3 saturated carbocycles. The summed E-state index contributed by atoms with van der Waals surface area (Å²) in [5, 5.41) is 0. The molecule has 3 aromatic carbocycles. The van der Waals surface area contributed by atoms with Crippen molar-refractivity contribution in [2.45, 2.75) is 129 Å². The molecule has 0 aliphatic heterocycles. The molecule has 3 heteroatoms. The lowest BCUT2D eigenvalue weighted by molar-refractivity contribution is -0.661. The van der Waals surface area contributed by atoms with Crippen LogP contribution in [0.4, 0.5) is 0 Å². The van der Waals surface area contributed by atoms with E-state index in [0.717, 1.165) is 75.0 Å². The number of aryl methyl sites for hydroxylation is 9. The fourth-order valence-corrected chi connectivity index (χ4v) is 11.3. The van der Waals surface area contributed by atoms with Crippen LogP contribution in [0.15, 0.2) is 91.4 Å². The Morgan fingerprint density at radius 1 is 0.483 bits per heavy atom. The van der Waals surface area contributed by atoms with Crippen LogP contribution in [0, 0.1) is 47.3 Å². The summed E-state index contributed by atoms with van der Waals surface area (Å²) in [6.07, 6.45) is 12.2. The molecule has 3 nitrogen and oxygen atoms in total. The monoisotopic (exact) mass is 804 g/mol. The molecular weight excluding hydrogens is 727 g/mol. The van der Waals surface area contributed by atoms with Gasteiger partial charge in [0.2, 0.25) is 17.1 Å². The van der Waals surface area contributed by atoms with Crippen molar-refractivity contribution in [2.75, 3.05) is 0 Å². The topological polar surface area (TPSA) is 11.6 Å². The van der Waals surface area contributed by atoms with Gasteiger partial charge in [0.1, 0.15) is 21.1 Å². The van der Waals surface area contributed by atoms with Gasteiger partial charge in [0, 0.05) is 66.7 Å². The number of benzene rings is 3. The summed E-state index contributed by atoms with van der Waals surface area (Å²) >= 11 is 0. The summed E-state index contributed by atoms with van der Waals surface area (Å²) in [7, 11) is 6.03. The lowest BCUT2D eigenvalue weighted by atomic mass is 9.63. The molecule has 0 saturated heterocycles. The van der Waals surface area contributed by atoms with Crippen molar-refractivity contribution in [3.8, 4) is 33.8 Å². The summed E-state index contributed by atoms with van der Waals surface area (Å²) in [4.78, 5) is 0. The first-order chi connectivity index (χ1) is 33.1. The molecule has 3 heterocycles. The molecule has 0 N–H and O–H groups in total. The maximum Gasteiger partial charge on any atom is 0.212 e. The lowest BCUT2D eigenvalue weighted by Gasteiger charge is -2.41. The molecule has 0 radical (unpaired) electrons. The van der Waals surface area contributed by atoms with Gasteiger partial charge in [-0.2, -0.15) is 0 Å². The standard InChI is InChI=1S/3C19H22N/c2*1-12-4-7-16(13(2)8-12)19-10-17-14-5-6-15(9-14)18(17)11-20(19)3;1-12-4-5-17(13(2)6-12)19-10-18-15-7-14(8-15)9-16(18)11-20(19)3/h2*4,7-8,10-11,14-15H,5-6,9H2,1-3H3;4-6,10-11,14-15H,7-9H2,1-3H3/q3*+1/i1D3,14D,15D;;1D3,9D2,15D. The number of aromatic nitrogens is 3. The molecule has 306 valence electrons. The number of fused-ring (bicyclic) bond motifs is 10. The van der Waals surface area contributed by atoms with E-state index in [0.29, 0.717) is 36.0 Å². The van der Waals surface area contributed by atoms with Crippen LogP contribution < -0.4 is 13.7 Å². The maximum atomic E-state index is 8.77. The summed E-state index contributed by atoms with van der Waals surface area (Å²) in [5.41, 5.74) is 18.2. The SMILES string of the molecule is Cc1ccc(-c2cc3c(c[n+]2C)C2CCC3C2)c(C)c1.[2H]C([2H])([2H])c1ccc(-c2cc3c(c[n+]2C)C([2H])([2H])C2CC3([2H])C2)c(C)c1.[2H]C([2H])([2H])c1ccc(-c2cc3c(c[n+]2C)C2([2H])CCC3([2H])C2)c(C)c1. The van der Waals surface area contributed by atoms with Crippen molar-refractivity contribution in [1.82, 2.24) is 0 Å². The highest BCUT2D eigenvalue weighted by Crippen LogP contribution is 2.54. The number of nitrogens with zero attached hydrogens (tertiary/aromatic N) is 3. The van der Waals surface area contributed by atoms with Crippen LogP contribution in [0.3, 0.4) is 0 Å². The summed E-state index contributed by atoms with van der Waals surface area (Å²) in [6, 6.07) is 23.6. The van der Waals surface area contributed by atoms with E-state index in [1.165, 1.54) is 41.6 Å². The van der Waals surface area contributed by atoms with Crippen molar-refractivity contribution in [3.63, 3.8) is 0 Å². The predicted octanol–water partition coefficient (Wildman–Crippen LogP) is 12.2. The molecular formula is C57H66N3+3. The van der Waals surface area contributed by atoms with Gasteiger partial charge >= 0.3 is 0 Å². The molecule has 60 heavy (non-hydrogen) atoms. The van der Waals surface area contributed by atoms with Gasteiger partial charge < -0.3 is 0 Å². The average molecular weight is 804 g/mol. The van der Waals surface area contributed by atoms with Gasteiger partial charge in [0.25, 0.3) is 0 Å². The fourth-order valence-electron chi connectivity index (χ4n) is 11.3. The van der Waals surface area contributed by atoms with Gasteiger partial charge in [-0.25, -0.2) is 13.7 Å². The molecule has 4 unspecified atom stereocenters. The zero-order chi connectivity index (χ0) is 51.1. The van der Waals surface area contributed by atoms with Crippen molar-refractivity contribution < 1.29 is 28.8 Å². The normalized spacial score (nSPS) is 30.8. The molecule has 3 aromatic heterocycles. The van der Waals surface area contributed by atoms with Crippen LogP contribution in [0.5, 0.6) is 0 Å². The highest BCUT2D eigenvalue weighted by Gasteiger charge is 2.41. The first-order valence-corrected chi connectivity index (χ1v) is 22.0. The molecule has 13 rings (SSSR count). The van der Waals surface area contributed by atoms with Gasteiger partial charge in [0.15, 0.2) is 18.6 Å². The van der Waals surface area contributed by atoms with Crippen LogP contribution in [0.2, 0.25) is 0 Å². The zero-order valence-electron chi connectivity index (χ0n) is 47.4. The molecule has 3 fully saturated rings. The third kappa shape index (κ3) is 6.94. The fraction of sp³-hybridized carbons (Fsp3) is 0.421. The Balaban J connectivity index is 0.000000124. The first kappa shape index (κ1) is 28.6. The maximum absolute atomic E-state index is 8.77. The Kier molecular flexibility index (Phi) is 7.26. The van der Waals surface area contributed by atoms with E-state index >= 15 is 0 Å². The van der Waals surface area contributed by atoms with E-state index in [-0.39, 0.29) is 5.92 Å². The minimum atomic E-state index is -2.14. The third-order valence-electron chi connectivity index (χ3n) is 14.5. The van der Waals surface area contributed by atoms with Gasteiger partial charge in [-0.05, 0) is 186 Å². The Bertz CT molecular complexity index is 3170. The molecule has 4 atom stereocenters. The van der Waals surface area contributed by atoms with E-state index < -0.39 is 37.8 Å². The van der Waals surface area contributed by atoms with E-state index in [9.17, 15) is 0 Å². The van der Waals surface area contributed by atoms with Crippen LogP contribution in [-0.2, 0) is 27.5 Å². The zero-order valence-corrected chi connectivity index (χ0v) is 36.4.